The normalized spacial score (nSPS) is 10.4. The molecule has 5 heteroatoms. The molecule has 0 aliphatic rings. The second-order valence-corrected chi connectivity index (χ2v) is 6.67. The lowest BCUT2D eigenvalue weighted by Crippen LogP contribution is -2.14. The van der Waals surface area contributed by atoms with Gasteiger partial charge < -0.3 is 15.4 Å². The first-order valence-electron chi connectivity index (χ1n) is 10.1. The van der Waals surface area contributed by atoms with E-state index in [1.165, 1.54) is 19.3 Å². The molecule has 5 nitrogen and oxygen atoms in total. The first-order chi connectivity index (χ1) is 13.6. The fraction of sp³-hybridized carbons (Fsp3) is 0.391. The van der Waals surface area contributed by atoms with E-state index in [9.17, 15) is 9.59 Å². The number of carbonyl (C=O) groups excluding carboxylic acids is 2. The number of anilines is 2. The largest absolute Gasteiger partial charge is 0.492 e. The number of hydrogen-bond donors (Lipinski definition) is 2. The zero-order valence-corrected chi connectivity index (χ0v) is 16.8. The molecule has 0 spiro atoms. The number of benzene rings is 2. The van der Waals surface area contributed by atoms with Gasteiger partial charge in [-0.3, -0.25) is 9.59 Å². The lowest BCUT2D eigenvalue weighted by atomic mass is 10.1. The second kappa shape index (κ2) is 11.8. The minimum atomic E-state index is -0.221. The van der Waals surface area contributed by atoms with E-state index in [4.69, 9.17) is 4.74 Å². The molecule has 0 unspecified atom stereocenters. The number of nitrogens with one attached hydrogen (secondary N) is 2. The number of carbonyl (C=O) groups is 2. The van der Waals surface area contributed by atoms with Gasteiger partial charge in [-0.05, 0) is 49.7 Å². The Morgan fingerprint density at radius 2 is 1.57 bits per heavy atom. The van der Waals surface area contributed by atoms with Crippen LogP contribution in [-0.2, 0) is 4.79 Å². The zero-order chi connectivity index (χ0) is 20.2. The molecule has 0 saturated carbocycles. The SMILES string of the molecule is CCCCCCCC(=O)Nc1ccc(C(=O)Nc2ccccc2OCC)cc1. The Bertz CT molecular complexity index is 757. The van der Waals surface area contributed by atoms with Crippen molar-refractivity contribution in [2.45, 2.75) is 52.4 Å². The number of ether oxygens (including phenoxy) is 1. The van der Waals surface area contributed by atoms with Gasteiger partial charge in [0.2, 0.25) is 5.91 Å². The van der Waals surface area contributed by atoms with Gasteiger partial charge in [-0.1, -0.05) is 44.7 Å². The molecule has 0 bridgehead atoms. The first kappa shape index (κ1) is 21.5. The van der Waals surface area contributed by atoms with Crippen molar-refractivity contribution < 1.29 is 14.3 Å². The van der Waals surface area contributed by atoms with E-state index in [1.807, 2.05) is 25.1 Å². The van der Waals surface area contributed by atoms with E-state index >= 15 is 0 Å². The minimum Gasteiger partial charge on any atom is -0.492 e. The Kier molecular flexibility index (Phi) is 9.05. The summed E-state index contributed by atoms with van der Waals surface area (Å²) in [5.41, 5.74) is 1.85. The maximum absolute atomic E-state index is 12.5. The third-order valence-corrected chi connectivity index (χ3v) is 4.37. The number of rotatable bonds is 11. The van der Waals surface area contributed by atoms with Gasteiger partial charge in [0, 0.05) is 17.7 Å². The van der Waals surface area contributed by atoms with Crippen molar-refractivity contribution in [2.75, 3.05) is 17.2 Å². The molecule has 2 rings (SSSR count). The van der Waals surface area contributed by atoms with Gasteiger partial charge in [-0.25, -0.2) is 0 Å². The molecule has 0 aliphatic heterocycles. The monoisotopic (exact) mass is 382 g/mol. The smallest absolute Gasteiger partial charge is 0.255 e. The summed E-state index contributed by atoms with van der Waals surface area (Å²) in [6, 6.07) is 14.2. The highest BCUT2D eigenvalue weighted by Crippen LogP contribution is 2.24. The van der Waals surface area contributed by atoms with Gasteiger partial charge in [-0.2, -0.15) is 0 Å². The summed E-state index contributed by atoms with van der Waals surface area (Å²) in [6.45, 7) is 4.60. The highest BCUT2D eigenvalue weighted by Gasteiger charge is 2.10. The molecule has 28 heavy (non-hydrogen) atoms. The molecule has 0 aromatic heterocycles. The summed E-state index contributed by atoms with van der Waals surface area (Å²) in [5.74, 6) is 0.432. The van der Waals surface area contributed by atoms with Gasteiger partial charge in [0.15, 0.2) is 0 Å². The lowest BCUT2D eigenvalue weighted by Gasteiger charge is -2.11. The van der Waals surface area contributed by atoms with Crippen molar-refractivity contribution in [2.24, 2.45) is 0 Å². The van der Waals surface area contributed by atoms with E-state index in [-0.39, 0.29) is 11.8 Å². The fourth-order valence-electron chi connectivity index (χ4n) is 2.86. The van der Waals surface area contributed by atoms with Gasteiger partial charge in [0.25, 0.3) is 5.91 Å². The van der Waals surface area contributed by atoms with Crippen LogP contribution < -0.4 is 15.4 Å². The molecular formula is C23H30N2O3. The Morgan fingerprint density at radius 3 is 2.29 bits per heavy atom. The van der Waals surface area contributed by atoms with E-state index in [0.29, 0.717) is 35.7 Å². The summed E-state index contributed by atoms with van der Waals surface area (Å²) in [6.07, 6.45) is 6.12. The molecule has 0 atom stereocenters. The molecule has 0 radical (unpaired) electrons. The van der Waals surface area contributed by atoms with Crippen LogP contribution in [-0.4, -0.2) is 18.4 Å². The van der Waals surface area contributed by atoms with Gasteiger partial charge in [-0.15, -0.1) is 0 Å². The quantitative estimate of drug-likeness (QED) is 0.494. The maximum Gasteiger partial charge on any atom is 0.255 e. The molecule has 0 heterocycles. The van der Waals surface area contributed by atoms with Crippen LogP contribution in [0.3, 0.4) is 0 Å². The number of unbranched alkanes of at least 4 members (excludes halogenated alkanes) is 4. The molecular weight excluding hydrogens is 352 g/mol. The molecule has 2 aromatic carbocycles. The van der Waals surface area contributed by atoms with Gasteiger partial charge in [0.05, 0.1) is 12.3 Å². The molecule has 0 saturated heterocycles. The van der Waals surface area contributed by atoms with Crippen molar-refractivity contribution in [1.29, 1.82) is 0 Å². The van der Waals surface area contributed by atoms with Crippen LogP contribution in [0, 0.1) is 0 Å². The topological polar surface area (TPSA) is 67.4 Å². The van der Waals surface area contributed by atoms with Crippen LogP contribution >= 0.6 is 0 Å². The third-order valence-electron chi connectivity index (χ3n) is 4.37. The minimum absolute atomic E-state index is 0.0133. The van der Waals surface area contributed by atoms with Crippen LogP contribution in [0.4, 0.5) is 11.4 Å². The molecule has 150 valence electrons. The molecule has 2 N–H and O–H groups in total. The standard InChI is InChI=1S/C23H30N2O3/c1-3-5-6-7-8-13-22(26)24-19-16-14-18(15-17-19)23(27)25-20-11-9-10-12-21(20)28-4-2/h9-12,14-17H,3-8,13H2,1-2H3,(H,24,26)(H,25,27). The Morgan fingerprint density at radius 1 is 0.857 bits per heavy atom. The highest BCUT2D eigenvalue weighted by atomic mass is 16.5. The second-order valence-electron chi connectivity index (χ2n) is 6.67. The Labute approximate surface area is 167 Å². The first-order valence-corrected chi connectivity index (χ1v) is 10.1. The lowest BCUT2D eigenvalue weighted by molar-refractivity contribution is -0.116. The predicted molar refractivity (Wildman–Crippen MR) is 114 cm³/mol. The summed E-state index contributed by atoms with van der Waals surface area (Å²) in [4.78, 5) is 24.5. The highest BCUT2D eigenvalue weighted by molar-refractivity contribution is 6.05. The zero-order valence-electron chi connectivity index (χ0n) is 16.8. The molecule has 0 fully saturated rings. The van der Waals surface area contributed by atoms with E-state index < -0.39 is 0 Å². The van der Waals surface area contributed by atoms with Crippen molar-refractivity contribution in [1.82, 2.24) is 0 Å². The van der Waals surface area contributed by atoms with Crippen molar-refractivity contribution in [3.8, 4) is 5.75 Å². The van der Waals surface area contributed by atoms with E-state index in [0.717, 1.165) is 12.8 Å². The molecule has 0 aliphatic carbocycles. The molecule has 2 aromatic rings. The van der Waals surface area contributed by atoms with Crippen molar-refractivity contribution in [3.05, 3.63) is 54.1 Å². The molecule has 2 amide bonds. The van der Waals surface area contributed by atoms with Crippen molar-refractivity contribution >= 4 is 23.2 Å². The van der Waals surface area contributed by atoms with Crippen molar-refractivity contribution in [3.63, 3.8) is 0 Å². The average Bonchev–Trinajstić information content (AvgIpc) is 2.70. The summed E-state index contributed by atoms with van der Waals surface area (Å²) in [5, 5.41) is 5.75. The summed E-state index contributed by atoms with van der Waals surface area (Å²) < 4.78 is 5.53. The van der Waals surface area contributed by atoms with Crippen LogP contribution in [0.15, 0.2) is 48.5 Å². The van der Waals surface area contributed by atoms with E-state index in [2.05, 4.69) is 17.6 Å². The third kappa shape index (κ3) is 7.06. The van der Waals surface area contributed by atoms with Gasteiger partial charge >= 0.3 is 0 Å². The summed E-state index contributed by atoms with van der Waals surface area (Å²) >= 11 is 0. The maximum atomic E-state index is 12.5. The average molecular weight is 383 g/mol. The fourth-order valence-corrected chi connectivity index (χ4v) is 2.86. The van der Waals surface area contributed by atoms with Crippen LogP contribution in [0.5, 0.6) is 5.75 Å². The van der Waals surface area contributed by atoms with Crippen LogP contribution in [0.2, 0.25) is 0 Å². The van der Waals surface area contributed by atoms with E-state index in [1.54, 1.807) is 30.3 Å². The number of para-hydroxylation sites is 2. The summed E-state index contributed by atoms with van der Waals surface area (Å²) in [7, 11) is 0. The Balaban J connectivity index is 1.86. The number of hydrogen-bond acceptors (Lipinski definition) is 3. The van der Waals surface area contributed by atoms with Crippen LogP contribution in [0.1, 0.15) is 62.7 Å². The number of amides is 2. The van der Waals surface area contributed by atoms with Gasteiger partial charge in [0.1, 0.15) is 5.75 Å². The van der Waals surface area contributed by atoms with Crippen LogP contribution in [0.25, 0.3) is 0 Å². The Hall–Kier alpha value is -2.82. The predicted octanol–water partition coefficient (Wildman–Crippen LogP) is 5.64.